The monoisotopic (exact) mass is 442 g/mol. The van der Waals surface area contributed by atoms with E-state index >= 15 is 0 Å². The van der Waals surface area contributed by atoms with Crippen molar-refractivity contribution in [1.29, 1.82) is 0 Å². The number of nitrogens with zero attached hydrogens (tertiary/aromatic N) is 2. The summed E-state index contributed by atoms with van der Waals surface area (Å²) in [5.74, 6) is 1.58. The molecule has 5 rings (SSSR count). The van der Waals surface area contributed by atoms with Gasteiger partial charge in [0.25, 0.3) is 0 Å². The number of halogens is 1. The minimum atomic E-state index is -0.270. The number of rotatable bonds is 0. The van der Waals surface area contributed by atoms with Crippen molar-refractivity contribution in [3.05, 3.63) is 45.6 Å². The molecule has 1 saturated heterocycles. The Morgan fingerprint density at radius 3 is 2.86 bits per heavy atom. The number of hydrogen-bond donors (Lipinski definition) is 1. The van der Waals surface area contributed by atoms with E-state index in [1.54, 1.807) is 0 Å². The molecule has 1 aromatic heterocycles. The van der Waals surface area contributed by atoms with Crippen LogP contribution in [0, 0.1) is 17.8 Å². The van der Waals surface area contributed by atoms with Gasteiger partial charge in [-0.25, -0.2) is 0 Å². The Balaban J connectivity index is 1.62. The smallest absolute Gasteiger partial charge is 0.0778 e. The molecule has 3 aliphatic rings. The van der Waals surface area contributed by atoms with Crippen LogP contribution in [0.15, 0.2) is 34.3 Å². The highest BCUT2D eigenvalue weighted by molar-refractivity contribution is 9.10. The molecule has 2 aromatic rings. The molecule has 28 heavy (non-hydrogen) atoms. The second kappa shape index (κ2) is 6.45. The summed E-state index contributed by atoms with van der Waals surface area (Å²) in [5, 5.41) is 12.3. The van der Waals surface area contributed by atoms with E-state index in [1.165, 1.54) is 27.7 Å². The fourth-order valence-corrected chi connectivity index (χ4v) is 7.11. The molecule has 3 unspecified atom stereocenters. The van der Waals surface area contributed by atoms with Crippen molar-refractivity contribution in [3.8, 4) is 0 Å². The van der Waals surface area contributed by atoms with Crippen LogP contribution in [0.25, 0.3) is 10.9 Å². The van der Waals surface area contributed by atoms with Gasteiger partial charge in [0.05, 0.1) is 11.6 Å². The van der Waals surface area contributed by atoms with Crippen LogP contribution in [-0.4, -0.2) is 33.8 Å². The van der Waals surface area contributed by atoms with Crippen molar-refractivity contribution >= 4 is 26.8 Å². The standard InChI is InChI=1S/C24H31BrN2O/c1-5-15-10-16-13-27-9-8-18-19-11-17(25)6-7-21(19)26(4)23(18)24(27,3)12-20(16)14(2)22(15)28/h5-7,11,14,16,20,22,28H,8-10,12-13H2,1-4H3/b15-5+/t14-,16?,20?,22?,24+/m1/s1. The summed E-state index contributed by atoms with van der Waals surface area (Å²) in [7, 11) is 2.24. The molecule has 3 heterocycles. The lowest BCUT2D eigenvalue weighted by Crippen LogP contribution is -2.59. The van der Waals surface area contributed by atoms with Crippen LogP contribution in [0.2, 0.25) is 0 Å². The first kappa shape index (κ1) is 18.9. The number of aliphatic hydroxyl groups excluding tert-OH is 1. The molecule has 0 radical (unpaired) electrons. The SMILES string of the molecule is C/C=C1\CC2CN3CCc4c(n(C)c5ccc(Br)cc45)[C@]3(C)CC2[C@@H](C)C1O. The number of allylic oxidation sites excluding steroid dienone is 1. The number of piperidine rings is 1. The van der Waals surface area contributed by atoms with Gasteiger partial charge in [-0.05, 0) is 80.2 Å². The molecular weight excluding hydrogens is 412 g/mol. The average molecular weight is 443 g/mol. The van der Waals surface area contributed by atoms with E-state index in [4.69, 9.17) is 0 Å². The molecule has 1 saturated carbocycles. The van der Waals surface area contributed by atoms with Gasteiger partial charge in [0, 0.05) is 41.2 Å². The Hall–Kier alpha value is -1.10. The summed E-state index contributed by atoms with van der Waals surface area (Å²) in [5.41, 5.74) is 5.69. The second-order valence-electron chi connectivity index (χ2n) is 9.52. The maximum atomic E-state index is 10.9. The molecule has 5 atom stereocenters. The third-order valence-corrected chi connectivity index (χ3v) is 8.71. The fourth-order valence-electron chi connectivity index (χ4n) is 6.75. The summed E-state index contributed by atoms with van der Waals surface area (Å²) in [4.78, 5) is 2.75. The van der Waals surface area contributed by atoms with Gasteiger partial charge in [-0.2, -0.15) is 0 Å². The normalized spacial score (nSPS) is 37.0. The average Bonchev–Trinajstić information content (AvgIpc) is 2.96. The largest absolute Gasteiger partial charge is 0.388 e. The van der Waals surface area contributed by atoms with Gasteiger partial charge in [0.2, 0.25) is 0 Å². The van der Waals surface area contributed by atoms with E-state index in [0.29, 0.717) is 17.8 Å². The molecule has 2 fully saturated rings. The zero-order valence-corrected chi connectivity index (χ0v) is 19.0. The summed E-state index contributed by atoms with van der Waals surface area (Å²) in [6, 6.07) is 6.70. The minimum Gasteiger partial charge on any atom is -0.388 e. The van der Waals surface area contributed by atoms with Crippen molar-refractivity contribution < 1.29 is 5.11 Å². The maximum Gasteiger partial charge on any atom is 0.0778 e. The van der Waals surface area contributed by atoms with Crippen molar-refractivity contribution in [2.24, 2.45) is 24.8 Å². The van der Waals surface area contributed by atoms with E-state index < -0.39 is 0 Å². The molecule has 4 heteroatoms. The molecule has 1 aromatic carbocycles. The molecule has 150 valence electrons. The number of aromatic nitrogens is 1. The quantitative estimate of drug-likeness (QED) is 0.581. The first-order valence-electron chi connectivity index (χ1n) is 10.7. The van der Waals surface area contributed by atoms with E-state index in [9.17, 15) is 5.11 Å². The van der Waals surface area contributed by atoms with Crippen LogP contribution >= 0.6 is 15.9 Å². The van der Waals surface area contributed by atoms with E-state index in [1.807, 2.05) is 0 Å². The molecule has 3 nitrogen and oxygen atoms in total. The molecule has 0 amide bonds. The third kappa shape index (κ3) is 2.47. The van der Waals surface area contributed by atoms with Crippen LogP contribution in [0.1, 0.15) is 44.9 Å². The summed E-state index contributed by atoms with van der Waals surface area (Å²) < 4.78 is 3.61. The summed E-state index contributed by atoms with van der Waals surface area (Å²) >= 11 is 3.67. The van der Waals surface area contributed by atoms with Gasteiger partial charge in [0.1, 0.15) is 0 Å². The van der Waals surface area contributed by atoms with Gasteiger partial charge >= 0.3 is 0 Å². The molecule has 0 bridgehead atoms. The Bertz CT molecular complexity index is 977. The minimum absolute atomic E-state index is 0.0520. The topological polar surface area (TPSA) is 28.4 Å². The zero-order chi connectivity index (χ0) is 19.8. The van der Waals surface area contributed by atoms with E-state index in [-0.39, 0.29) is 11.6 Å². The lowest BCUT2D eigenvalue weighted by molar-refractivity contribution is -0.0665. The first-order chi connectivity index (χ1) is 13.3. The lowest BCUT2D eigenvalue weighted by Gasteiger charge is -2.57. The van der Waals surface area contributed by atoms with Crippen molar-refractivity contribution in [1.82, 2.24) is 9.47 Å². The molecule has 1 aliphatic carbocycles. The van der Waals surface area contributed by atoms with Crippen molar-refractivity contribution in [2.75, 3.05) is 13.1 Å². The van der Waals surface area contributed by atoms with Gasteiger partial charge in [0.15, 0.2) is 0 Å². The van der Waals surface area contributed by atoms with Crippen LogP contribution in [-0.2, 0) is 19.0 Å². The van der Waals surface area contributed by atoms with Crippen molar-refractivity contribution in [2.45, 2.75) is 51.7 Å². The van der Waals surface area contributed by atoms with E-state index in [0.717, 1.165) is 36.8 Å². The number of aryl methyl sites for hydroxylation is 1. The van der Waals surface area contributed by atoms with Crippen LogP contribution in [0.4, 0.5) is 0 Å². The van der Waals surface area contributed by atoms with Crippen LogP contribution in [0.3, 0.4) is 0 Å². The Morgan fingerprint density at radius 1 is 1.32 bits per heavy atom. The van der Waals surface area contributed by atoms with Gasteiger partial charge < -0.3 is 9.67 Å². The fraction of sp³-hybridized carbons (Fsp3) is 0.583. The summed E-state index contributed by atoms with van der Waals surface area (Å²) in [6.07, 6.45) is 5.22. The number of benzene rings is 1. The van der Waals surface area contributed by atoms with Gasteiger partial charge in [-0.1, -0.05) is 28.9 Å². The number of aliphatic hydroxyl groups is 1. The maximum absolute atomic E-state index is 10.9. The first-order valence-corrected chi connectivity index (χ1v) is 11.5. The van der Waals surface area contributed by atoms with Gasteiger partial charge in [-0.3, -0.25) is 4.90 Å². The predicted octanol–water partition coefficient (Wildman–Crippen LogP) is 5.00. The highest BCUT2D eigenvalue weighted by Crippen LogP contribution is 2.53. The molecule has 0 spiro atoms. The Labute approximate surface area is 176 Å². The van der Waals surface area contributed by atoms with Crippen LogP contribution < -0.4 is 0 Å². The van der Waals surface area contributed by atoms with Gasteiger partial charge in [-0.15, -0.1) is 0 Å². The highest BCUT2D eigenvalue weighted by atomic mass is 79.9. The Morgan fingerprint density at radius 2 is 2.11 bits per heavy atom. The Kier molecular flexibility index (Phi) is 4.35. The predicted molar refractivity (Wildman–Crippen MR) is 118 cm³/mol. The highest BCUT2D eigenvalue weighted by Gasteiger charge is 2.52. The lowest BCUT2D eigenvalue weighted by atomic mass is 9.61. The van der Waals surface area contributed by atoms with Crippen LogP contribution in [0.5, 0.6) is 0 Å². The third-order valence-electron chi connectivity index (χ3n) is 8.22. The molecule has 2 aliphatic heterocycles. The number of hydrogen-bond acceptors (Lipinski definition) is 2. The molecular formula is C24H31BrN2O. The second-order valence-corrected chi connectivity index (χ2v) is 10.4. The number of fused-ring (bicyclic) bond motifs is 6. The van der Waals surface area contributed by atoms with Crippen molar-refractivity contribution in [3.63, 3.8) is 0 Å². The zero-order valence-electron chi connectivity index (χ0n) is 17.4. The summed E-state index contributed by atoms with van der Waals surface area (Å²) in [6.45, 7) is 9.10. The van der Waals surface area contributed by atoms with E-state index in [2.05, 4.69) is 77.5 Å². The molecule has 1 N–H and O–H groups in total.